The second-order valence-electron chi connectivity index (χ2n) is 22.4. The van der Waals surface area contributed by atoms with Crippen LogP contribution in [0.25, 0.3) is 48.6 Å². The van der Waals surface area contributed by atoms with E-state index < -0.39 is 0 Å². The largest absolute Gasteiger partial charge is 0.493 e. The van der Waals surface area contributed by atoms with Crippen LogP contribution in [0.4, 0.5) is 0 Å². The van der Waals surface area contributed by atoms with Crippen molar-refractivity contribution in [2.24, 2.45) is 0 Å². The van der Waals surface area contributed by atoms with Gasteiger partial charge in [0.15, 0.2) is 0 Å². The predicted molar refractivity (Wildman–Crippen MR) is 358 cm³/mol. The molecule has 0 fully saturated rings. The van der Waals surface area contributed by atoms with Crippen molar-refractivity contribution in [3.8, 4) is 34.5 Å². The summed E-state index contributed by atoms with van der Waals surface area (Å²) >= 11 is 0. The van der Waals surface area contributed by atoms with E-state index in [4.69, 9.17) is 28.4 Å². The third-order valence-corrected chi connectivity index (χ3v) is 15.2. The zero-order chi connectivity index (χ0) is 58.5. The van der Waals surface area contributed by atoms with Gasteiger partial charge in [0.2, 0.25) is 0 Å². The average molecular weight is 1120 g/mol. The van der Waals surface area contributed by atoms with Crippen molar-refractivity contribution in [1.82, 2.24) is 0 Å². The number of hydrogen-bond donors (Lipinski definition) is 0. The topological polar surface area (TPSA) is 55.4 Å². The van der Waals surface area contributed by atoms with Crippen molar-refractivity contribution >= 4 is 48.6 Å². The first-order chi connectivity index (χ1) is 40.4. The van der Waals surface area contributed by atoms with Gasteiger partial charge in [-0.1, -0.05) is 282 Å². The molecule has 4 rings (SSSR count). The summed E-state index contributed by atoms with van der Waals surface area (Å²) in [6.45, 7) is 25.9. The minimum absolute atomic E-state index is 0.648. The standard InChI is InChI=1S/C76H112O6/c1-9-17-23-29-35-51-77-71-59-67(73(57-65(71)15-7)79-53-37-31-25-19-11-3)47-45-63-41-43-64(44-42-63)46-48-68-61-76(82-56-40-34-28-22-14-6)70(62-75(68)81-55-39-33-27-21-13-5)50-49-69-60-72(78-52-36-30-24-18-10-2)66(16-8)58-74(69)80-54-38-32-26-20-12-4/h15-16,41-50,57-62H,7-14,17-40,51-56H2,1-6H3/b47-45+,48-46+,50-49+. The van der Waals surface area contributed by atoms with E-state index in [0.717, 1.165) is 137 Å². The maximum atomic E-state index is 6.77. The fourth-order valence-electron chi connectivity index (χ4n) is 9.96. The van der Waals surface area contributed by atoms with Gasteiger partial charge in [-0.25, -0.2) is 0 Å². The zero-order valence-electron chi connectivity index (χ0n) is 52.7. The Bertz CT molecular complexity index is 2410. The normalized spacial score (nSPS) is 11.5. The van der Waals surface area contributed by atoms with Crippen LogP contribution in [0.1, 0.15) is 279 Å². The van der Waals surface area contributed by atoms with Gasteiger partial charge in [-0.15, -0.1) is 0 Å². The highest BCUT2D eigenvalue weighted by atomic mass is 16.5. The van der Waals surface area contributed by atoms with Crippen LogP contribution in [0.5, 0.6) is 34.5 Å². The van der Waals surface area contributed by atoms with Crippen LogP contribution in [0.3, 0.4) is 0 Å². The summed E-state index contributed by atoms with van der Waals surface area (Å²) in [4.78, 5) is 0. The van der Waals surface area contributed by atoms with Crippen LogP contribution in [-0.4, -0.2) is 39.6 Å². The zero-order valence-corrected chi connectivity index (χ0v) is 52.7. The second-order valence-corrected chi connectivity index (χ2v) is 22.4. The molecule has 0 amide bonds. The Morgan fingerprint density at radius 3 is 0.634 bits per heavy atom. The minimum atomic E-state index is 0.648. The van der Waals surface area contributed by atoms with E-state index in [1.54, 1.807) is 0 Å². The van der Waals surface area contributed by atoms with Crippen LogP contribution in [-0.2, 0) is 0 Å². The Morgan fingerprint density at radius 1 is 0.244 bits per heavy atom. The monoisotopic (exact) mass is 1120 g/mol. The van der Waals surface area contributed by atoms with E-state index in [2.05, 4.69) is 152 Å². The summed E-state index contributed by atoms with van der Waals surface area (Å²) in [6.07, 6.45) is 52.3. The van der Waals surface area contributed by atoms with Crippen LogP contribution in [0.2, 0.25) is 0 Å². The van der Waals surface area contributed by atoms with Gasteiger partial charge in [-0.05, 0) is 86.1 Å². The van der Waals surface area contributed by atoms with Crippen molar-refractivity contribution in [3.63, 3.8) is 0 Å². The van der Waals surface area contributed by atoms with Gasteiger partial charge in [0, 0.05) is 33.4 Å². The lowest BCUT2D eigenvalue weighted by Gasteiger charge is -2.17. The lowest BCUT2D eigenvalue weighted by molar-refractivity contribution is 0.295. The van der Waals surface area contributed by atoms with Gasteiger partial charge in [0.25, 0.3) is 0 Å². The van der Waals surface area contributed by atoms with Crippen LogP contribution < -0.4 is 28.4 Å². The third-order valence-electron chi connectivity index (χ3n) is 15.2. The molecule has 6 nitrogen and oxygen atoms in total. The summed E-state index contributed by atoms with van der Waals surface area (Å²) in [5, 5.41) is 0. The van der Waals surface area contributed by atoms with Gasteiger partial charge in [-0.2, -0.15) is 0 Å². The molecule has 0 heterocycles. The number of hydrogen-bond acceptors (Lipinski definition) is 6. The van der Waals surface area contributed by atoms with Crippen molar-refractivity contribution in [2.45, 2.75) is 234 Å². The van der Waals surface area contributed by atoms with E-state index >= 15 is 0 Å². The highest BCUT2D eigenvalue weighted by Gasteiger charge is 2.15. The molecule has 0 N–H and O–H groups in total. The van der Waals surface area contributed by atoms with E-state index in [0.29, 0.717) is 39.6 Å². The quantitative estimate of drug-likeness (QED) is 0.0324. The fourth-order valence-corrected chi connectivity index (χ4v) is 9.96. The summed E-state index contributed by atoms with van der Waals surface area (Å²) in [5.74, 6) is 5.09. The predicted octanol–water partition coefficient (Wildman–Crippen LogP) is 23.6. The first-order valence-electron chi connectivity index (χ1n) is 33.1. The molecular weight excluding hydrogens is 1010 g/mol. The molecule has 6 heteroatoms. The molecule has 0 saturated heterocycles. The van der Waals surface area contributed by atoms with Gasteiger partial charge in [-0.3, -0.25) is 0 Å². The molecule has 0 spiro atoms. The Hall–Kier alpha value is -5.62. The van der Waals surface area contributed by atoms with Crippen LogP contribution in [0.15, 0.2) is 73.8 Å². The highest BCUT2D eigenvalue weighted by Crippen LogP contribution is 2.37. The minimum Gasteiger partial charge on any atom is -0.493 e. The van der Waals surface area contributed by atoms with E-state index in [1.807, 2.05) is 12.2 Å². The molecule has 0 saturated carbocycles. The number of benzene rings is 4. The lowest BCUT2D eigenvalue weighted by atomic mass is 10.0. The van der Waals surface area contributed by atoms with Crippen molar-refractivity contribution < 1.29 is 28.4 Å². The number of unbranched alkanes of at least 4 members (excludes halogenated alkanes) is 24. The van der Waals surface area contributed by atoms with Gasteiger partial charge >= 0.3 is 0 Å². The van der Waals surface area contributed by atoms with Crippen molar-refractivity contribution in [2.75, 3.05) is 39.6 Å². The molecule has 0 unspecified atom stereocenters. The molecule has 0 radical (unpaired) electrons. The van der Waals surface area contributed by atoms with E-state index in [9.17, 15) is 0 Å². The Morgan fingerprint density at radius 2 is 0.427 bits per heavy atom. The van der Waals surface area contributed by atoms with Crippen LogP contribution in [0, 0.1) is 0 Å². The first-order valence-corrected chi connectivity index (χ1v) is 33.1. The van der Waals surface area contributed by atoms with Crippen molar-refractivity contribution in [3.05, 3.63) is 118 Å². The SMILES string of the molecule is C=Cc1cc(OCCCCCCC)c(/C=C/c2ccc(/C=C/c3cc(OCCCCCCC)c(/C=C/c4cc(OCCCCCCC)c(C=C)cc4OCCCCCCC)cc3OCCCCCCC)cc2)cc1OCCCCCCC. The molecule has 0 aliphatic rings. The van der Waals surface area contributed by atoms with Gasteiger partial charge in [0.05, 0.1) is 39.6 Å². The lowest BCUT2D eigenvalue weighted by Crippen LogP contribution is -2.03. The molecular formula is C76H112O6. The average Bonchev–Trinajstić information content (AvgIpc) is 3.51. The smallest absolute Gasteiger partial charge is 0.127 e. The molecule has 452 valence electrons. The molecule has 0 aromatic heterocycles. The van der Waals surface area contributed by atoms with Gasteiger partial charge in [0.1, 0.15) is 34.5 Å². The summed E-state index contributed by atoms with van der Waals surface area (Å²) in [5.41, 5.74) is 8.07. The maximum Gasteiger partial charge on any atom is 0.127 e. The highest BCUT2D eigenvalue weighted by molar-refractivity contribution is 5.81. The summed E-state index contributed by atoms with van der Waals surface area (Å²) < 4.78 is 39.5. The first kappa shape index (κ1) is 68.9. The molecule has 0 aliphatic heterocycles. The van der Waals surface area contributed by atoms with E-state index in [-0.39, 0.29) is 0 Å². The van der Waals surface area contributed by atoms with E-state index in [1.165, 1.54) is 135 Å². The molecule has 4 aromatic carbocycles. The number of rotatable bonds is 50. The molecule has 0 bridgehead atoms. The third kappa shape index (κ3) is 28.1. The fraction of sp³-hybridized carbons (Fsp3) is 0.553. The Kier molecular flexibility index (Phi) is 37.7. The Labute approximate surface area is 501 Å². The Balaban J connectivity index is 1.70. The summed E-state index contributed by atoms with van der Waals surface area (Å²) in [6, 6.07) is 21.6. The molecule has 0 aliphatic carbocycles. The molecule has 0 atom stereocenters. The maximum absolute atomic E-state index is 6.77. The molecule has 82 heavy (non-hydrogen) atoms. The van der Waals surface area contributed by atoms with Gasteiger partial charge < -0.3 is 28.4 Å². The summed E-state index contributed by atoms with van der Waals surface area (Å²) in [7, 11) is 0. The van der Waals surface area contributed by atoms with Crippen molar-refractivity contribution in [1.29, 1.82) is 0 Å². The number of ether oxygens (including phenoxy) is 6. The second kappa shape index (κ2) is 44.9. The molecule has 4 aromatic rings. The van der Waals surface area contributed by atoms with Crippen LogP contribution >= 0.6 is 0 Å².